The zero-order valence-corrected chi connectivity index (χ0v) is 19.0. The van der Waals surface area contributed by atoms with Gasteiger partial charge in [-0.05, 0) is 35.4 Å². The van der Waals surface area contributed by atoms with Gasteiger partial charge in [-0.1, -0.05) is 24.3 Å². The third kappa shape index (κ3) is 4.57. The van der Waals surface area contributed by atoms with E-state index in [-0.39, 0.29) is 5.56 Å². The number of methoxy groups -OCH3 is 1. The second-order valence-corrected chi connectivity index (χ2v) is 7.89. The first-order valence-electron chi connectivity index (χ1n) is 10.1. The Labute approximate surface area is 212 Å². The van der Waals surface area contributed by atoms with Crippen LogP contribution in [0, 0.1) is 0 Å². The van der Waals surface area contributed by atoms with E-state index in [4.69, 9.17) is 4.74 Å². The summed E-state index contributed by atoms with van der Waals surface area (Å²) >= 11 is 0. The highest BCUT2D eigenvalue weighted by Gasteiger charge is 2.93. The summed E-state index contributed by atoms with van der Waals surface area (Å²) in [5.74, 6) is -4.75. The number of alkyl halides is 14. The first-order chi connectivity index (χ1) is 18.0. The highest BCUT2D eigenvalue weighted by Crippen LogP contribution is 2.62. The molecule has 0 spiro atoms. The fourth-order valence-electron chi connectivity index (χ4n) is 3.31. The van der Waals surface area contributed by atoms with Crippen molar-refractivity contribution in [1.29, 1.82) is 0 Å². The van der Waals surface area contributed by atoms with Crippen LogP contribution in [-0.4, -0.2) is 60.2 Å². The quantitative estimate of drug-likeness (QED) is 0.156. The molecule has 0 bridgehead atoms. The Morgan fingerprint density at radius 2 is 1.07 bits per heavy atom. The molecule has 2 aromatic rings. The van der Waals surface area contributed by atoms with Gasteiger partial charge in [0.2, 0.25) is 0 Å². The van der Waals surface area contributed by atoms with E-state index < -0.39 is 58.8 Å². The summed E-state index contributed by atoms with van der Waals surface area (Å²) in [6, 6.07) is -13.9. The van der Waals surface area contributed by atoms with Gasteiger partial charge < -0.3 is 9.47 Å². The Kier molecular flexibility index (Phi) is 7.29. The lowest BCUT2D eigenvalue weighted by Gasteiger charge is -2.51. The second kappa shape index (κ2) is 9.35. The molecule has 2 aromatic carbocycles. The maximum absolute atomic E-state index is 14.9. The van der Waals surface area contributed by atoms with Gasteiger partial charge in [-0.2, -0.15) is 57.1 Å². The first kappa shape index (κ1) is 31.2. The van der Waals surface area contributed by atoms with Crippen LogP contribution in [0.5, 0.6) is 11.5 Å². The van der Waals surface area contributed by atoms with E-state index in [2.05, 4.69) is 4.74 Å². The summed E-state index contributed by atoms with van der Waals surface area (Å²) in [6.45, 7) is 0. The average molecular weight is 607 g/mol. The Morgan fingerprint density at radius 1 is 0.700 bits per heavy atom. The smallest absolute Gasteiger partial charge is 0.441 e. The number of hydrogen-bond acceptors (Lipinski definition) is 5. The van der Waals surface area contributed by atoms with E-state index in [0.717, 1.165) is 12.1 Å². The first-order valence-corrected chi connectivity index (χ1v) is 10.1. The minimum Gasteiger partial charge on any atom is -0.497 e. The number of halogens is 14. The normalized spacial score (nSPS) is 21.8. The van der Waals surface area contributed by atoms with Gasteiger partial charge in [-0.3, -0.25) is 0 Å². The van der Waals surface area contributed by atoms with Crippen LogP contribution in [0.3, 0.4) is 0 Å². The fraction of sp³-hybridized carbons (Fsp3) is 0.381. The van der Waals surface area contributed by atoms with Crippen LogP contribution >= 0.6 is 0 Å². The van der Waals surface area contributed by atoms with Crippen molar-refractivity contribution in [3.8, 4) is 22.6 Å². The SMILES string of the molecule is COc1ccc(-c2ccc(OC(=O)[C@](F)(C(F)(F)F)C(F)(F)N3C(F)(F)C(F)(F)OC(F)(F)C3(F)F)cc2)cc1. The zero-order valence-electron chi connectivity index (χ0n) is 19.0. The summed E-state index contributed by atoms with van der Waals surface area (Å²) in [4.78, 5) is 7.95. The summed E-state index contributed by atoms with van der Waals surface area (Å²) in [5, 5.41) is 0. The number of rotatable bonds is 6. The molecule has 5 nitrogen and oxygen atoms in total. The maximum atomic E-state index is 14.9. The zero-order chi connectivity index (χ0) is 30.7. The lowest BCUT2D eigenvalue weighted by molar-refractivity contribution is -0.592. The van der Waals surface area contributed by atoms with Crippen LogP contribution < -0.4 is 9.47 Å². The van der Waals surface area contributed by atoms with E-state index in [1.165, 1.54) is 31.4 Å². The number of esters is 1. The summed E-state index contributed by atoms with van der Waals surface area (Å²) < 4.78 is 204. The molecule has 0 aromatic heterocycles. The Morgan fingerprint density at radius 3 is 1.43 bits per heavy atom. The molecule has 0 unspecified atom stereocenters. The van der Waals surface area contributed by atoms with Crippen molar-refractivity contribution in [2.45, 2.75) is 42.2 Å². The van der Waals surface area contributed by atoms with Crippen LogP contribution in [-0.2, 0) is 9.53 Å². The van der Waals surface area contributed by atoms with Crippen LogP contribution in [0.1, 0.15) is 0 Å². The molecule has 0 radical (unpaired) electrons. The number of nitrogens with zero attached hydrogens (tertiary/aromatic N) is 1. The highest BCUT2D eigenvalue weighted by molar-refractivity contribution is 5.84. The molecule has 222 valence electrons. The van der Waals surface area contributed by atoms with Crippen molar-refractivity contribution < 1.29 is 80.5 Å². The third-order valence-electron chi connectivity index (χ3n) is 5.37. The Hall–Kier alpha value is -3.35. The topological polar surface area (TPSA) is 48.0 Å². The van der Waals surface area contributed by atoms with Crippen molar-refractivity contribution in [1.82, 2.24) is 4.90 Å². The lowest BCUT2D eigenvalue weighted by Crippen LogP contribution is -2.82. The Balaban J connectivity index is 2.05. The minimum atomic E-state index is -7.88. The van der Waals surface area contributed by atoms with Gasteiger partial charge in [0.05, 0.1) is 7.11 Å². The molecule has 40 heavy (non-hydrogen) atoms. The molecule has 1 atom stereocenters. The van der Waals surface area contributed by atoms with Crippen LogP contribution in [0.15, 0.2) is 48.5 Å². The van der Waals surface area contributed by atoms with Gasteiger partial charge in [0.25, 0.3) is 0 Å². The number of benzene rings is 2. The molecule has 0 amide bonds. The standard InChI is InChI=1S/C21H11F14NO4/c1-38-12-6-2-10(3-7-12)11-4-8-13(9-5-11)39-14(37)15(22,16(23,24)25)17(26,27)36-18(28,29)20(32,33)40-21(34,35)19(36,30)31/h2-9H,1H3/t15-/m0/s1. The molecule has 19 heteroatoms. The summed E-state index contributed by atoms with van der Waals surface area (Å²) in [5.41, 5.74) is -6.75. The van der Waals surface area contributed by atoms with E-state index in [1.54, 1.807) is 0 Å². The van der Waals surface area contributed by atoms with Gasteiger partial charge in [0, 0.05) is 0 Å². The lowest BCUT2D eigenvalue weighted by atomic mass is 9.99. The molecule has 1 saturated heterocycles. The second-order valence-electron chi connectivity index (χ2n) is 7.89. The number of hydrogen-bond donors (Lipinski definition) is 0. The summed E-state index contributed by atoms with van der Waals surface area (Å²) in [6.07, 6.45) is -21.6. The fourth-order valence-corrected chi connectivity index (χ4v) is 3.31. The predicted octanol–water partition coefficient (Wildman–Crippen LogP) is 6.83. The molecule has 1 aliphatic rings. The van der Waals surface area contributed by atoms with Gasteiger partial charge in [-0.25, -0.2) is 13.9 Å². The summed E-state index contributed by atoms with van der Waals surface area (Å²) in [7, 11) is 1.34. The van der Waals surface area contributed by atoms with Gasteiger partial charge >= 0.3 is 48.2 Å². The third-order valence-corrected chi connectivity index (χ3v) is 5.37. The Bertz CT molecular complexity index is 1220. The van der Waals surface area contributed by atoms with Crippen LogP contribution in [0.4, 0.5) is 61.5 Å². The maximum Gasteiger partial charge on any atom is 0.441 e. The van der Waals surface area contributed by atoms with E-state index >= 15 is 0 Å². The molecule has 1 aliphatic heterocycles. The van der Waals surface area contributed by atoms with Crippen molar-refractivity contribution in [3.05, 3.63) is 48.5 Å². The minimum absolute atomic E-state index is 0.215. The largest absolute Gasteiger partial charge is 0.497 e. The monoisotopic (exact) mass is 607 g/mol. The molecule has 1 heterocycles. The van der Waals surface area contributed by atoms with Gasteiger partial charge in [0.1, 0.15) is 11.5 Å². The highest BCUT2D eigenvalue weighted by atomic mass is 19.4. The molecule has 3 rings (SSSR count). The number of carbonyl (C=O) groups excluding carboxylic acids is 1. The van der Waals surface area contributed by atoms with Crippen molar-refractivity contribution in [2.75, 3.05) is 7.11 Å². The molecular formula is C21H11F14NO4. The average Bonchev–Trinajstić information content (AvgIpc) is 2.81. The molecule has 0 N–H and O–H groups in total. The number of ether oxygens (including phenoxy) is 3. The van der Waals surface area contributed by atoms with E-state index in [0.29, 0.717) is 23.4 Å². The van der Waals surface area contributed by atoms with Crippen molar-refractivity contribution in [2.24, 2.45) is 0 Å². The molecule has 0 aliphatic carbocycles. The van der Waals surface area contributed by atoms with Gasteiger partial charge in [0.15, 0.2) is 0 Å². The van der Waals surface area contributed by atoms with E-state index in [9.17, 15) is 66.3 Å². The van der Waals surface area contributed by atoms with Crippen molar-refractivity contribution >= 4 is 5.97 Å². The predicted molar refractivity (Wildman–Crippen MR) is 102 cm³/mol. The molecule has 1 fully saturated rings. The number of carbonyl (C=O) groups is 1. The molecule has 0 saturated carbocycles. The van der Waals surface area contributed by atoms with Gasteiger partial charge in [-0.15, -0.1) is 4.90 Å². The number of morpholine rings is 1. The van der Waals surface area contributed by atoms with Crippen LogP contribution in [0.2, 0.25) is 0 Å². The van der Waals surface area contributed by atoms with Crippen LogP contribution in [0.25, 0.3) is 11.1 Å². The van der Waals surface area contributed by atoms with Crippen molar-refractivity contribution in [3.63, 3.8) is 0 Å². The molecular weight excluding hydrogens is 596 g/mol. The van der Waals surface area contributed by atoms with E-state index in [1.807, 2.05) is 4.74 Å².